The summed E-state index contributed by atoms with van der Waals surface area (Å²) in [5, 5.41) is 9.53. The number of hydrogen-bond donors (Lipinski definition) is 2. The lowest BCUT2D eigenvalue weighted by Crippen LogP contribution is -2.69. The van der Waals surface area contributed by atoms with E-state index in [2.05, 4.69) is 17.0 Å². The molecule has 4 rings (SSSR count). The van der Waals surface area contributed by atoms with Crippen LogP contribution in [-0.2, 0) is 16.1 Å². The van der Waals surface area contributed by atoms with Crippen molar-refractivity contribution in [1.29, 1.82) is 0 Å². The van der Waals surface area contributed by atoms with Gasteiger partial charge in [0.15, 0.2) is 0 Å². The van der Waals surface area contributed by atoms with E-state index in [1.54, 1.807) is 11.8 Å². The molecule has 3 atom stereocenters. The van der Waals surface area contributed by atoms with E-state index in [-0.39, 0.29) is 11.3 Å². The molecule has 3 N–H and O–H groups in total. The predicted octanol–water partition coefficient (Wildman–Crippen LogP) is 0.717. The molecular formula is C17H21N3O3S. The molecular weight excluding hydrogens is 326 g/mol. The summed E-state index contributed by atoms with van der Waals surface area (Å²) in [7, 11) is 0. The van der Waals surface area contributed by atoms with Crippen molar-refractivity contribution in [2.24, 2.45) is 5.73 Å². The highest BCUT2D eigenvalue weighted by molar-refractivity contribution is 8.01. The van der Waals surface area contributed by atoms with Crippen molar-refractivity contribution in [3.63, 3.8) is 0 Å². The molecule has 1 spiro atoms. The summed E-state index contributed by atoms with van der Waals surface area (Å²) in [5.41, 5.74) is 7.14. The fourth-order valence-corrected chi connectivity index (χ4v) is 5.98. The zero-order valence-corrected chi connectivity index (χ0v) is 14.1. The highest BCUT2D eigenvalue weighted by Crippen LogP contribution is 2.55. The fourth-order valence-electron chi connectivity index (χ4n) is 4.14. The second kappa shape index (κ2) is 5.75. The average Bonchev–Trinajstić information content (AvgIpc) is 2.89. The first kappa shape index (κ1) is 15.9. The average molecular weight is 347 g/mol. The number of fused-ring (bicyclic) bond motifs is 1. The Hall–Kier alpha value is -1.57. The van der Waals surface area contributed by atoms with Crippen LogP contribution in [0.4, 0.5) is 0 Å². The quantitative estimate of drug-likeness (QED) is 0.784. The van der Waals surface area contributed by atoms with E-state index < -0.39 is 22.8 Å². The van der Waals surface area contributed by atoms with Gasteiger partial charge in [-0.3, -0.25) is 9.69 Å². The van der Waals surface area contributed by atoms with Crippen LogP contribution >= 0.6 is 11.8 Å². The molecule has 3 saturated heterocycles. The summed E-state index contributed by atoms with van der Waals surface area (Å²) in [4.78, 5) is 27.7. The largest absolute Gasteiger partial charge is 0.480 e. The van der Waals surface area contributed by atoms with Gasteiger partial charge in [-0.1, -0.05) is 30.3 Å². The van der Waals surface area contributed by atoms with Gasteiger partial charge in [0.05, 0.1) is 4.75 Å². The van der Waals surface area contributed by atoms with Gasteiger partial charge in [-0.05, 0) is 31.5 Å². The van der Waals surface area contributed by atoms with Crippen LogP contribution in [0.3, 0.4) is 0 Å². The maximum Gasteiger partial charge on any atom is 0.327 e. The number of piperidine rings is 1. The lowest BCUT2D eigenvalue weighted by molar-refractivity contribution is -0.160. The number of thioether (sulfide) groups is 1. The summed E-state index contributed by atoms with van der Waals surface area (Å²) in [6.07, 6.45) is 1.54. The van der Waals surface area contributed by atoms with E-state index >= 15 is 0 Å². The number of β-lactam (4-membered cyclic amide) rings is 1. The monoisotopic (exact) mass is 347 g/mol. The van der Waals surface area contributed by atoms with E-state index in [9.17, 15) is 14.7 Å². The highest BCUT2D eigenvalue weighted by Gasteiger charge is 2.66. The van der Waals surface area contributed by atoms with Crippen molar-refractivity contribution in [3.8, 4) is 0 Å². The molecule has 2 unspecified atom stereocenters. The number of nitrogens with two attached hydrogens (primary N) is 1. The number of aliphatic carboxylic acids is 1. The fraction of sp³-hybridized carbons (Fsp3) is 0.529. The minimum Gasteiger partial charge on any atom is -0.480 e. The van der Waals surface area contributed by atoms with E-state index in [1.165, 1.54) is 10.5 Å². The third-order valence-electron chi connectivity index (χ3n) is 5.44. The van der Waals surface area contributed by atoms with Crippen LogP contribution in [0.1, 0.15) is 18.4 Å². The van der Waals surface area contributed by atoms with Gasteiger partial charge in [0.25, 0.3) is 0 Å². The Kier molecular flexibility index (Phi) is 3.82. The molecule has 1 amide bonds. The Bertz CT molecular complexity index is 660. The molecule has 0 aliphatic carbocycles. The number of carboxylic acids is 1. The highest BCUT2D eigenvalue weighted by atomic mass is 32.2. The third kappa shape index (κ3) is 2.34. The molecule has 0 bridgehead atoms. The second-order valence-electron chi connectivity index (χ2n) is 6.85. The number of rotatable bonds is 3. The summed E-state index contributed by atoms with van der Waals surface area (Å²) < 4.78 is -0.395. The lowest BCUT2D eigenvalue weighted by atomic mass is 9.85. The molecule has 128 valence electrons. The third-order valence-corrected chi connectivity index (χ3v) is 7.30. The van der Waals surface area contributed by atoms with Crippen molar-refractivity contribution in [2.75, 3.05) is 13.1 Å². The number of carbonyl (C=O) groups is 2. The normalized spacial score (nSPS) is 31.8. The van der Waals surface area contributed by atoms with Crippen molar-refractivity contribution in [1.82, 2.24) is 9.80 Å². The van der Waals surface area contributed by atoms with E-state index in [0.717, 1.165) is 32.5 Å². The van der Waals surface area contributed by atoms with E-state index in [4.69, 9.17) is 5.73 Å². The van der Waals surface area contributed by atoms with Crippen LogP contribution in [0.5, 0.6) is 0 Å². The molecule has 6 nitrogen and oxygen atoms in total. The molecule has 0 radical (unpaired) electrons. The first-order chi connectivity index (χ1) is 11.5. The van der Waals surface area contributed by atoms with Crippen molar-refractivity contribution in [2.45, 2.75) is 41.6 Å². The Morgan fingerprint density at radius 1 is 1.29 bits per heavy atom. The Labute approximate surface area is 145 Å². The number of carbonyl (C=O) groups excluding carboxylic acids is 1. The van der Waals surface area contributed by atoms with E-state index in [0.29, 0.717) is 0 Å². The van der Waals surface area contributed by atoms with Crippen LogP contribution in [0.15, 0.2) is 30.3 Å². The first-order valence-electron chi connectivity index (χ1n) is 8.26. The molecule has 24 heavy (non-hydrogen) atoms. The van der Waals surface area contributed by atoms with E-state index in [1.807, 2.05) is 18.2 Å². The minimum atomic E-state index is -0.901. The lowest BCUT2D eigenvalue weighted by Gasteiger charge is -2.43. The van der Waals surface area contributed by atoms with Crippen molar-refractivity contribution >= 4 is 23.6 Å². The van der Waals surface area contributed by atoms with Crippen LogP contribution in [0.2, 0.25) is 0 Å². The van der Waals surface area contributed by atoms with Gasteiger partial charge in [-0.2, -0.15) is 0 Å². The molecule has 1 aromatic rings. The van der Waals surface area contributed by atoms with Crippen LogP contribution in [0, 0.1) is 0 Å². The predicted molar refractivity (Wildman–Crippen MR) is 91.3 cm³/mol. The van der Waals surface area contributed by atoms with Gasteiger partial charge in [0, 0.05) is 6.54 Å². The van der Waals surface area contributed by atoms with Crippen molar-refractivity contribution < 1.29 is 14.7 Å². The molecule has 3 aliphatic rings. The van der Waals surface area contributed by atoms with Crippen LogP contribution in [-0.4, -0.2) is 62.1 Å². The Morgan fingerprint density at radius 2 is 1.96 bits per heavy atom. The zero-order valence-electron chi connectivity index (χ0n) is 13.3. The molecule has 7 heteroatoms. The molecule has 3 fully saturated rings. The SMILES string of the molecule is NC1C(=O)N2C(C(=O)O)C3(CCN(Cc4ccccc4)CC3)S[C@@H]12. The molecule has 3 heterocycles. The van der Waals surface area contributed by atoms with Gasteiger partial charge in [0.2, 0.25) is 5.91 Å². The summed E-state index contributed by atoms with van der Waals surface area (Å²) in [6, 6.07) is 9.01. The number of hydrogen-bond acceptors (Lipinski definition) is 5. The molecule has 3 aliphatic heterocycles. The Morgan fingerprint density at radius 3 is 2.58 bits per heavy atom. The molecule has 0 aromatic heterocycles. The van der Waals surface area contributed by atoms with Crippen molar-refractivity contribution in [3.05, 3.63) is 35.9 Å². The molecule has 0 saturated carbocycles. The van der Waals surface area contributed by atoms with Gasteiger partial charge in [-0.25, -0.2) is 4.79 Å². The topological polar surface area (TPSA) is 86.9 Å². The number of likely N-dealkylation sites (tertiary alicyclic amines) is 1. The summed E-state index contributed by atoms with van der Waals surface area (Å²) >= 11 is 1.61. The maximum absolute atomic E-state index is 12.0. The smallest absolute Gasteiger partial charge is 0.327 e. The van der Waals surface area contributed by atoms with Gasteiger partial charge in [0.1, 0.15) is 17.5 Å². The zero-order chi connectivity index (χ0) is 16.9. The molecule has 1 aromatic carbocycles. The number of nitrogens with zero attached hydrogens (tertiary/aromatic N) is 2. The maximum atomic E-state index is 12.0. The second-order valence-corrected chi connectivity index (χ2v) is 8.38. The summed E-state index contributed by atoms with van der Waals surface area (Å²) in [6.45, 7) is 2.57. The van der Waals surface area contributed by atoms with Crippen LogP contribution in [0.25, 0.3) is 0 Å². The van der Waals surface area contributed by atoms with Gasteiger partial charge < -0.3 is 15.7 Å². The number of carboxylic acid groups (broad SMARTS) is 1. The van der Waals surface area contributed by atoms with Crippen LogP contribution < -0.4 is 5.73 Å². The van der Waals surface area contributed by atoms with Gasteiger partial charge in [-0.15, -0.1) is 11.8 Å². The number of benzene rings is 1. The first-order valence-corrected chi connectivity index (χ1v) is 9.14. The number of amides is 1. The summed E-state index contributed by atoms with van der Waals surface area (Å²) in [5.74, 6) is -1.12. The Balaban J connectivity index is 1.47. The standard InChI is InChI=1S/C17H21N3O3S/c18-12-14(21)20-13(16(22)23)17(24-15(12)20)6-8-19(9-7-17)10-11-4-2-1-3-5-11/h1-5,12-13,15H,6-10,18H2,(H,22,23)/t12?,13?,15-/m0/s1. The van der Waals surface area contributed by atoms with Gasteiger partial charge >= 0.3 is 5.97 Å². The minimum absolute atomic E-state index is 0.167.